The topological polar surface area (TPSA) is 113 Å². The molecule has 0 aliphatic carbocycles. The van der Waals surface area contributed by atoms with Crippen LogP contribution in [-0.4, -0.2) is 45.1 Å². The van der Waals surface area contributed by atoms with Crippen molar-refractivity contribution in [3.8, 4) is 0 Å². The summed E-state index contributed by atoms with van der Waals surface area (Å²) in [6.45, 7) is 2.99. The van der Waals surface area contributed by atoms with Gasteiger partial charge in [0.2, 0.25) is 11.8 Å². The van der Waals surface area contributed by atoms with E-state index in [1.165, 1.54) is 18.7 Å². The van der Waals surface area contributed by atoms with Crippen LogP contribution >= 0.6 is 23.5 Å². The quantitative estimate of drug-likeness (QED) is 0.654. The van der Waals surface area contributed by atoms with Gasteiger partial charge in [-0.15, -0.1) is 11.8 Å². The first-order valence-corrected chi connectivity index (χ1v) is 10.0. The van der Waals surface area contributed by atoms with Crippen molar-refractivity contribution in [1.82, 2.24) is 10.6 Å². The minimum absolute atomic E-state index is 0.180. The summed E-state index contributed by atoms with van der Waals surface area (Å²) >= 11 is 2.10. The number of thioether (sulfide) groups is 2. The Morgan fingerprint density at radius 1 is 1.33 bits per heavy atom. The molecule has 3 N–H and O–H groups in total. The van der Waals surface area contributed by atoms with E-state index < -0.39 is 29.1 Å². The number of nitrogens with one attached hydrogen (secondary N) is 2. The lowest BCUT2D eigenvalue weighted by Gasteiger charge is -2.20. The van der Waals surface area contributed by atoms with Gasteiger partial charge in [-0.25, -0.2) is 4.79 Å². The zero-order valence-electron chi connectivity index (χ0n) is 14.9. The Kier molecular flexibility index (Phi) is 7.49. The number of carboxylic acids is 1. The van der Waals surface area contributed by atoms with Crippen LogP contribution in [0.15, 0.2) is 40.9 Å². The molecule has 1 aromatic carbocycles. The summed E-state index contributed by atoms with van der Waals surface area (Å²) in [4.78, 5) is 48.2. The minimum Gasteiger partial charge on any atom is -0.477 e. The Hall–Kier alpha value is -2.26. The molecule has 144 valence electrons. The van der Waals surface area contributed by atoms with Gasteiger partial charge in [0.1, 0.15) is 11.7 Å². The van der Waals surface area contributed by atoms with E-state index in [-0.39, 0.29) is 16.6 Å². The first-order chi connectivity index (χ1) is 12.8. The molecule has 0 saturated heterocycles. The van der Waals surface area contributed by atoms with Crippen LogP contribution in [0.1, 0.15) is 19.4 Å². The molecule has 7 nitrogen and oxygen atoms in total. The molecule has 0 unspecified atom stereocenters. The fourth-order valence-corrected chi connectivity index (χ4v) is 4.23. The van der Waals surface area contributed by atoms with E-state index in [1.54, 1.807) is 6.92 Å². The van der Waals surface area contributed by atoms with Crippen molar-refractivity contribution in [2.24, 2.45) is 0 Å². The Morgan fingerprint density at radius 2 is 2.00 bits per heavy atom. The monoisotopic (exact) mass is 408 g/mol. The summed E-state index contributed by atoms with van der Waals surface area (Å²) in [5, 5.41) is 13.3. The highest BCUT2D eigenvalue weighted by Crippen LogP contribution is 2.23. The number of carboxylic acid groups (broad SMARTS) is 1. The maximum atomic E-state index is 12.7. The summed E-state index contributed by atoms with van der Waals surface area (Å²) < 4.78 is 0. The molecule has 1 heterocycles. The van der Waals surface area contributed by atoms with Crippen molar-refractivity contribution >= 4 is 46.4 Å². The molecule has 2 atom stereocenters. The molecule has 0 bridgehead atoms. The van der Waals surface area contributed by atoms with E-state index in [4.69, 9.17) is 5.11 Å². The van der Waals surface area contributed by atoms with Crippen molar-refractivity contribution in [3.63, 3.8) is 0 Å². The molecule has 1 aliphatic rings. The molecule has 2 amide bonds. The van der Waals surface area contributed by atoms with Crippen LogP contribution in [0.3, 0.4) is 0 Å². The number of carbonyl (C=O) groups is 4. The van der Waals surface area contributed by atoms with E-state index in [1.807, 2.05) is 30.3 Å². The fourth-order valence-electron chi connectivity index (χ4n) is 2.45. The molecule has 27 heavy (non-hydrogen) atoms. The second kappa shape index (κ2) is 9.61. The molecular weight excluding hydrogens is 388 g/mol. The van der Waals surface area contributed by atoms with E-state index >= 15 is 0 Å². The average Bonchev–Trinajstić information content (AvgIpc) is 2.75. The third-order valence-electron chi connectivity index (χ3n) is 3.78. The highest BCUT2D eigenvalue weighted by atomic mass is 32.2. The van der Waals surface area contributed by atoms with Gasteiger partial charge in [-0.3, -0.25) is 14.4 Å². The lowest BCUT2D eigenvalue weighted by atomic mass is 10.1. The van der Waals surface area contributed by atoms with Crippen LogP contribution in [0.5, 0.6) is 0 Å². The van der Waals surface area contributed by atoms with E-state index in [9.17, 15) is 19.2 Å². The maximum absolute atomic E-state index is 12.7. The SMILES string of the molecule is CC(=O)S[C@@H](Cc1ccccc1)C(=O)N[C@H]1CSC(C)=C(C(=O)O)NC1=O. The van der Waals surface area contributed by atoms with Crippen molar-refractivity contribution < 1.29 is 24.3 Å². The molecule has 0 aromatic heterocycles. The predicted molar refractivity (Wildman–Crippen MR) is 105 cm³/mol. The van der Waals surface area contributed by atoms with Crippen molar-refractivity contribution in [2.75, 3.05) is 5.75 Å². The fraction of sp³-hybridized carbons (Fsp3) is 0.333. The van der Waals surface area contributed by atoms with Gasteiger partial charge in [0.15, 0.2) is 5.12 Å². The van der Waals surface area contributed by atoms with Crippen molar-refractivity contribution in [2.45, 2.75) is 31.6 Å². The molecular formula is C18H20N2O5S2. The maximum Gasteiger partial charge on any atom is 0.353 e. The molecule has 0 radical (unpaired) electrons. The number of hydrogen-bond donors (Lipinski definition) is 3. The average molecular weight is 409 g/mol. The van der Waals surface area contributed by atoms with Gasteiger partial charge in [-0.1, -0.05) is 42.1 Å². The highest BCUT2D eigenvalue weighted by molar-refractivity contribution is 8.14. The smallest absolute Gasteiger partial charge is 0.353 e. The standard InChI is InChI=1S/C18H20N2O5S2/c1-10-15(18(24)25)20-16(22)13(9-26-10)19-17(23)14(27-11(2)21)8-12-6-4-3-5-7-12/h3-7,13-14H,8-9H2,1-2H3,(H,19,23)(H,20,22)(H,24,25)/t13-,14-/m0/s1. The zero-order chi connectivity index (χ0) is 20.0. The first kappa shape index (κ1) is 21.0. The molecule has 1 aliphatic heterocycles. The van der Waals surface area contributed by atoms with Crippen molar-refractivity contribution in [3.05, 3.63) is 46.5 Å². The van der Waals surface area contributed by atoms with E-state index in [0.29, 0.717) is 11.3 Å². The first-order valence-electron chi connectivity index (χ1n) is 8.17. The Balaban J connectivity index is 2.09. The number of rotatable bonds is 6. The lowest BCUT2D eigenvalue weighted by molar-refractivity contribution is -0.135. The van der Waals surface area contributed by atoms with Crippen LogP contribution in [-0.2, 0) is 25.6 Å². The number of allylic oxidation sites excluding steroid dienone is 1. The summed E-state index contributed by atoms with van der Waals surface area (Å²) in [6, 6.07) is 8.39. The number of benzene rings is 1. The zero-order valence-corrected chi connectivity index (χ0v) is 16.5. The molecule has 1 aromatic rings. The molecule has 0 saturated carbocycles. The van der Waals surface area contributed by atoms with Gasteiger partial charge in [0.25, 0.3) is 0 Å². The Bertz CT molecular complexity index is 779. The van der Waals surface area contributed by atoms with Gasteiger partial charge < -0.3 is 15.7 Å². The minimum atomic E-state index is -1.23. The van der Waals surface area contributed by atoms with Gasteiger partial charge in [0, 0.05) is 17.6 Å². The summed E-state index contributed by atoms with van der Waals surface area (Å²) in [5.41, 5.74) is 0.720. The molecule has 0 spiro atoms. The summed E-state index contributed by atoms with van der Waals surface area (Å²) in [6.07, 6.45) is 0.343. The number of amides is 2. The van der Waals surface area contributed by atoms with E-state index in [0.717, 1.165) is 17.3 Å². The Labute approximate surface area is 165 Å². The van der Waals surface area contributed by atoms with Gasteiger partial charge in [0.05, 0.1) is 5.25 Å². The molecule has 9 heteroatoms. The van der Waals surface area contributed by atoms with Gasteiger partial charge >= 0.3 is 5.97 Å². The second-order valence-corrected chi connectivity index (χ2v) is 8.50. The number of carbonyl (C=O) groups excluding carboxylic acids is 3. The summed E-state index contributed by atoms with van der Waals surface area (Å²) in [7, 11) is 0. The molecule has 0 fully saturated rings. The van der Waals surface area contributed by atoms with Crippen LogP contribution in [0.2, 0.25) is 0 Å². The molecule has 2 rings (SSSR count). The largest absolute Gasteiger partial charge is 0.477 e. The highest BCUT2D eigenvalue weighted by Gasteiger charge is 2.31. The van der Waals surface area contributed by atoms with Crippen LogP contribution < -0.4 is 10.6 Å². The second-order valence-electron chi connectivity index (χ2n) is 5.89. The van der Waals surface area contributed by atoms with Crippen molar-refractivity contribution in [1.29, 1.82) is 0 Å². The number of aliphatic carboxylic acids is 1. The lowest BCUT2D eigenvalue weighted by Crippen LogP contribution is -2.50. The third kappa shape index (κ3) is 6.14. The normalized spacial score (nSPS) is 18.3. The third-order valence-corrected chi connectivity index (χ3v) is 5.91. The predicted octanol–water partition coefficient (Wildman–Crippen LogP) is 1.54. The van der Waals surface area contributed by atoms with Crippen LogP contribution in [0, 0.1) is 0 Å². The van der Waals surface area contributed by atoms with Crippen LogP contribution in [0.25, 0.3) is 0 Å². The van der Waals surface area contributed by atoms with E-state index in [2.05, 4.69) is 10.6 Å². The van der Waals surface area contributed by atoms with Crippen LogP contribution in [0.4, 0.5) is 0 Å². The summed E-state index contributed by atoms with van der Waals surface area (Å²) in [5.74, 6) is -2.04. The van der Waals surface area contributed by atoms with Gasteiger partial charge in [-0.05, 0) is 18.9 Å². The van der Waals surface area contributed by atoms with Gasteiger partial charge in [-0.2, -0.15) is 0 Å². The Morgan fingerprint density at radius 3 is 2.59 bits per heavy atom. The number of hydrogen-bond acceptors (Lipinski definition) is 6.